The lowest BCUT2D eigenvalue weighted by Gasteiger charge is -1.86. The Balaban J connectivity index is 2.37. The molecule has 3 heteroatoms. The molecule has 2 N–H and O–H groups in total. The van der Waals surface area contributed by atoms with Gasteiger partial charge in [0.15, 0.2) is 0 Å². The average molecular weight is 138 g/mol. The van der Waals surface area contributed by atoms with Gasteiger partial charge in [0.05, 0.1) is 5.69 Å². The highest BCUT2D eigenvalue weighted by Gasteiger charge is 2.14. The number of aliphatic hydroxyl groups is 1. The zero-order chi connectivity index (χ0) is 6.97. The minimum Gasteiger partial charge on any atom is -0.388 e. The van der Waals surface area contributed by atoms with Gasteiger partial charge in [0.25, 0.3) is 0 Å². The van der Waals surface area contributed by atoms with E-state index in [1.165, 1.54) is 12.1 Å². The molecule has 0 unspecified atom stereocenters. The van der Waals surface area contributed by atoms with Crippen LogP contribution in [0.4, 0.5) is 0 Å². The highest BCUT2D eigenvalue weighted by molar-refractivity contribution is 5.19. The fraction of sp³-hybridized carbons (Fsp3) is 0.571. The van der Waals surface area contributed by atoms with Crippen molar-refractivity contribution in [1.82, 2.24) is 9.97 Å². The smallest absolute Gasteiger partial charge is 0.132 e. The second-order valence-electron chi connectivity index (χ2n) is 2.62. The van der Waals surface area contributed by atoms with Gasteiger partial charge in [0.2, 0.25) is 0 Å². The summed E-state index contributed by atoms with van der Waals surface area (Å²) in [5.41, 5.74) is 2.38. The standard InChI is InChI=1S/C7H10N2O/c10-4-7-8-5-2-1-3-6(5)9-7/h10H,1-4H2,(H,8,9). The van der Waals surface area contributed by atoms with Crippen LogP contribution in [0.5, 0.6) is 0 Å². The quantitative estimate of drug-likeness (QED) is 0.589. The summed E-state index contributed by atoms with van der Waals surface area (Å²) in [4.78, 5) is 7.29. The Labute approximate surface area is 59.1 Å². The number of nitrogens with zero attached hydrogens (tertiary/aromatic N) is 1. The van der Waals surface area contributed by atoms with E-state index in [4.69, 9.17) is 5.11 Å². The summed E-state index contributed by atoms with van der Waals surface area (Å²) < 4.78 is 0. The van der Waals surface area contributed by atoms with Crippen LogP contribution in [0.1, 0.15) is 23.6 Å². The van der Waals surface area contributed by atoms with Crippen LogP contribution in [-0.4, -0.2) is 15.1 Å². The number of imidazole rings is 1. The van der Waals surface area contributed by atoms with E-state index in [0.717, 1.165) is 18.5 Å². The van der Waals surface area contributed by atoms with Crippen LogP contribution >= 0.6 is 0 Å². The number of H-pyrrole nitrogens is 1. The third-order valence-corrected chi connectivity index (χ3v) is 1.90. The molecule has 0 aliphatic heterocycles. The summed E-state index contributed by atoms with van der Waals surface area (Å²) in [5.74, 6) is 0.713. The highest BCUT2D eigenvalue weighted by atomic mass is 16.3. The minimum atomic E-state index is 0.0347. The summed E-state index contributed by atoms with van der Waals surface area (Å²) in [5, 5.41) is 8.70. The molecule has 0 saturated carbocycles. The summed E-state index contributed by atoms with van der Waals surface area (Å²) in [7, 11) is 0. The Kier molecular flexibility index (Phi) is 1.24. The third kappa shape index (κ3) is 0.743. The number of hydrogen-bond acceptors (Lipinski definition) is 2. The van der Waals surface area contributed by atoms with Gasteiger partial charge < -0.3 is 10.1 Å². The van der Waals surface area contributed by atoms with Crippen LogP contribution in [0, 0.1) is 0 Å². The maximum Gasteiger partial charge on any atom is 0.132 e. The lowest BCUT2D eigenvalue weighted by atomic mass is 10.4. The summed E-state index contributed by atoms with van der Waals surface area (Å²) in [6, 6.07) is 0. The first-order valence-corrected chi connectivity index (χ1v) is 3.57. The van der Waals surface area contributed by atoms with Crippen molar-refractivity contribution in [2.75, 3.05) is 0 Å². The number of aromatic amines is 1. The molecule has 2 rings (SSSR count). The number of hydrogen-bond donors (Lipinski definition) is 2. The molecule has 0 fully saturated rings. The molecule has 1 aromatic heterocycles. The normalized spacial score (nSPS) is 15.7. The van der Waals surface area contributed by atoms with Crippen LogP contribution in [-0.2, 0) is 19.4 Å². The number of fused-ring (bicyclic) bond motifs is 1. The molecule has 0 amide bonds. The van der Waals surface area contributed by atoms with Gasteiger partial charge in [0, 0.05) is 5.69 Å². The van der Waals surface area contributed by atoms with Crippen molar-refractivity contribution in [3.05, 3.63) is 17.2 Å². The first-order chi connectivity index (χ1) is 4.90. The Morgan fingerprint density at radius 1 is 1.50 bits per heavy atom. The van der Waals surface area contributed by atoms with Gasteiger partial charge in [-0.15, -0.1) is 0 Å². The SMILES string of the molecule is OCc1nc2c([nH]1)CCC2. The van der Waals surface area contributed by atoms with Gasteiger partial charge in [0.1, 0.15) is 12.4 Å². The minimum absolute atomic E-state index is 0.0347. The molecule has 0 aromatic carbocycles. The van der Waals surface area contributed by atoms with Crippen molar-refractivity contribution in [2.24, 2.45) is 0 Å². The van der Waals surface area contributed by atoms with E-state index in [9.17, 15) is 0 Å². The van der Waals surface area contributed by atoms with Crippen LogP contribution in [0.3, 0.4) is 0 Å². The van der Waals surface area contributed by atoms with E-state index >= 15 is 0 Å². The Bertz CT molecular complexity index is 220. The summed E-state index contributed by atoms with van der Waals surface area (Å²) in [6.45, 7) is 0.0347. The Hall–Kier alpha value is -0.830. The van der Waals surface area contributed by atoms with Crippen molar-refractivity contribution >= 4 is 0 Å². The molecule has 1 heterocycles. The fourth-order valence-electron chi connectivity index (χ4n) is 1.43. The first-order valence-electron chi connectivity index (χ1n) is 3.57. The predicted molar refractivity (Wildman–Crippen MR) is 36.5 cm³/mol. The summed E-state index contributed by atoms with van der Waals surface area (Å²) in [6.07, 6.45) is 3.38. The molecule has 10 heavy (non-hydrogen) atoms. The molecule has 0 radical (unpaired) electrons. The van der Waals surface area contributed by atoms with Gasteiger partial charge in [-0.3, -0.25) is 0 Å². The second kappa shape index (κ2) is 2.09. The number of rotatable bonds is 1. The number of nitrogens with one attached hydrogen (secondary N) is 1. The maximum absolute atomic E-state index is 8.70. The Morgan fingerprint density at radius 3 is 3.10 bits per heavy atom. The van der Waals surface area contributed by atoms with E-state index in [0.29, 0.717) is 5.82 Å². The van der Waals surface area contributed by atoms with Gasteiger partial charge in [-0.1, -0.05) is 0 Å². The van der Waals surface area contributed by atoms with Crippen LogP contribution in [0.2, 0.25) is 0 Å². The van der Waals surface area contributed by atoms with E-state index in [1.54, 1.807) is 0 Å². The van der Waals surface area contributed by atoms with E-state index in [2.05, 4.69) is 9.97 Å². The van der Waals surface area contributed by atoms with E-state index < -0.39 is 0 Å². The monoisotopic (exact) mass is 138 g/mol. The van der Waals surface area contributed by atoms with Gasteiger partial charge in [-0.05, 0) is 19.3 Å². The zero-order valence-electron chi connectivity index (χ0n) is 5.72. The topological polar surface area (TPSA) is 48.9 Å². The fourth-order valence-corrected chi connectivity index (χ4v) is 1.43. The lowest BCUT2D eigenvalue weighted by Crippen LogP contribution is -1.87. The third-order valence-electron chi connectivity index (χ3n) is 1.90. The lowest BCUT2D eigenvalue weighted by molar-refractivity contribution is 0.272. The van der Waals surface area contributed by atoms with Crippen molar-refractivity contribution < 1.29 is 5.11 Å². The van der Waals surface area contributed by atoms with Gasteiger partial charge >= 0.3 is 0 Å². The van der Waals surface area contributed by atoms with Crippen LogP contribution in [0.15, 0.2) is 0 Å². The van der Waals surface area contributed by atoms with E-state index in [-0.39, 0.29) is 6.61 Å². The summed E-state index contributed by atoms with van der Waals surface area (Å²) >= 11 is 0. The maximum atomic E-state index is 8.70. The van der Waals surface area contributed by atoms with Crippen molar-refractivity contribution in [2.45, 2.75) is 25.9 Å². The van der Waals surface area contributed by atoms with Crippen LogP contribution < -0.4 is 0 Å². The van der Waals surface area contributed by atoms with Crippen molar-refractivity contribution in [1.29, 1.82) is 0 Å². The number of aliphatic hydroxyl groups excluding tert-OH is 1. The molecule has 1 aliphatic carbocycles. The Morgan fingerprint density at radius 2 is 2.40 bits per heavy atom. The first kappa shape index (κ1) is 5.92. The van der Waals surface area contributed by atoms with Gasteiger partial charge in [-0.2, -0.15) is 0 Å². The molecule has 54 valence electrons. The van der Waals surface area contributed by atoms with Crippen molar-refractivity contribution in [3.8, 4) is 0 Å². The molecule has 0 spiro atoms. The molecular weight excluding hydrogens is 128 g/mol. The number of aryl methyl sites for hydroxylation is 2. The molecule has 0 atom stereocenters. The van der Waals surface area contributed by atoms with Crippen molar-refractivity contribution in [3.63, 3.8) is 0 Å². The molecule has 3 nitrogen and oxygen atoms in total. The highest BCUT2D eigenvalue weighted by Crippen LogP contribution is 2.18. The number of aromatic nitrogens is 2. The van der Waals surface area contributed by atoms with Crippen LogP contribution in [0.25, 0.3) is 0 Å². The molecule has 1 aromatic rings. The average Bonchev–Trinajstić information content (AvgIpc) is 2.42. The predicted octanol–water partition coefficient (Wildman–Crippen LogP) is 0.391. The molecule has 1 aliphatic rings. The second-order valence-corrected chi connectivity index (χ2v) is 2.62. The van der Waals surface area contributed by atoms with Gasteiger partial charge in [-0.25, -0.2) is 4.98 Å². The molecular formula is C7H10N2O. The van der Waals surface area contributed by atoms with E-state index in [1.807, 2.05) is 0 Å². The largest absolute Gasteiger partial charge is 0.388 e. The molecule has 0 saturated heterocycles. The molecule has 0 bridgehead atoms. The zero-order valence-corrected chi connectivity index (χ0v) is 5.72.